The Kier molecular flexibility index (Phi) is 2.95. The number of carboxylic acid groups (broad SMARTS) is 1. The standard InChI is InChI=1S/C13H15NO2/c1-14(13(15)16)12-8-11(9-12)7-10-5-3-2-4-6-10/h2-7,12H,8-9H2,1H3,(H,15,16). The summed E-state index contributed by atoms with van der Waals surface area (Å²) >= 11 is 0. The van der Waals surface area contributed by atoms with E-state index < -0.39 is 6.09 Å². The predicted octanol–water partition coefficient (Wildman–Crippen LogP) is 2.84. The SMILES string of the molecule is CN(C(=O)O)C1CC(=Cc2ccccc2)C1. The molecule has 3 heteroatoms. The fourth-order valence-electron chi connectivity index (χ4n) is 1.88. The van der Waals surface area contributed by atoms with E-state index in [1.165, 1.54) is 16.0 Å². The monoisotopic (exact) mass is 217 g/mol. The summed E-state index contributed by atoms with van der Waals surface area (Å²) in [7, 11) is 1.63. The number of amides is 1. The van der Waals surface area contributed by atoms with Crippen LogP contribution in [-0.2, 0) is 0 Å². The van der Waals surface area contributed by atoms with Gasteiger partial charge in [0.2, 0.25) is 0 Å². The predicted molar refractivity (Wildman–Crippen MR) is 63.2 cm³/mol. The minimum absolute atomic E-state index is 0.160. The second-order valence-electron chi connectivity index (χ2n) is 4.17. The van der Waals surface area contributed by atoms with E-state index in [0.717, 1.165) is 12.8 Å². The molecule has 2 rings (SSSR count). The summed E-state index contributed by atoms with van der Waals surface area (Å²) in [5.41, 5.74) is 2.51. The molecular weight excluding hydrogens is 202 g/mol. The van der Waals surface area contributed by atoms with Crippen molar-refractivity contribution in [2.24, 2.45) is 0 Å². The Bertz CT molecular complexity index is 403. The summed E-state index contributed by atoms with van der Waals surface area (Å²) in [5, 5.41) is 8.80. The third-order valence-electron chi connectivity index (χ3n) is 3.02. The number of carbonyl (C=O) groups is 1. The quantitative estimate of drug-likeness (QED) is 0.827. The van der Waals surface area contributed by atoms with Crippen LogP contribution in [0.15, 0.2) is 35.9 Å². The highest BCUT2D eigenvalue weighted by molar-refractivity contribution is 5.66. The van der Waals surface area contributed by atoms with Crippen molar-refractivity contribution >= 4 is 12.2 Å². The van der Waals surface area contributed by atoms with Gasteiger partial charge in [-0.25, -0.2) is 4.79 Å². The topological polar surface area (TPSA) is 40.5 Å². The van der Waals surface area contributed by atoms with Gasteiger partial charge in [-0.05, 0) is 18.4 Å². The van der Waals surface area contributed by atoms with Crippen LogP contribution in [-0.4, -0.2) is 29.2 Å². The molecule has 1 aromatic carbocycles. The van der Waals surface area contributed by atoms with E-state index in [1.807, 2.05) is 18.2 Å². The van der Waals surface area contributed by atoms with Crippen LogP contribution in [0.3, 0.4) is 0 Å². The lowest BCUT2D eigenvalue weighted by Gasteiger charge is -2.35. The molecule has 1 aliphatic carbocycles. The van der Waals surface area contributed by atoms with Gasteiger partial charge in [-0.3, -0.25) is 0 Å². The molecule has 1 amide bonds. The van der Waals surface area contributed by atoms with Crippen LogP contribution in [0.25, 0.3) is 6.08 Å². The molecular formula is C13H15NO2. The van der Waals surface area contributed by atoms with Crippen molar-refractivity contribution in [3.8, 4) is 0 Å². The highest BCUT2D eigenvalue weighted by Crippen LogP contribution is 2.31. The van der Waals surface area contributed by atoms with Gasteiger partial charge in [0, 0.05) is 13.1 Å². The molecule has 0 saturated heterocycles. The lowest BCUT2D eigenvalue weighted by atomic mass is 9.84. The number of benzene rings is 1. The van der Waals surface area contributed by atoms with Gasteiger partial charge in [0.15, 0.2) is 0 Å². The summed E-state index contributed by atoms with van der Waals surface area (Å²) in [5.74, 6) is 0. The number of rotatable bonds is 2. The molecule has 0 aliphatic heterocycles. The second-order valence-corrected chi connectivity index (χ2v) is 4.17. The first-order valence-electron chi connectivity index (χ1n) is 5.37. The molecule has 1 aromatic rings. The Morgan fingerprint density at radius 3 is 2.56 bits per heavy atom. The highest BCUT2D eigenvalue weighted by atomic mass is 16.4. The van der Waals surface area contributed by atoms with E-state index in [9.17, 15) is 4.79 Å². The first kappa shape index (κ1) is 10.7. The molecule has 3 nitrogen and oxygen atoms in total. The van der Waals surface area contributed by atoms with E-state index in [4.69, 9.17) is 5.11 Å². The van der Waals surface area contributed by atoms with Crippen LogP contribution in [0.2, 0.25) is 0 Å². The molecule has 0 heterocycles. The summed E-state index contributed by atoms with van der Waals surface area (Å²) < 4.78 is 0. The largest absolute Gasteiger partial charge is 0.465 e. The zero-order valence-corrected chi connectivity index (χ0v) is 9.26. The third-order valence-corrected chi connectivity index (χ3v) is 3.02. The second kappa shape index (κ2) is 4.39. The van der Waals surface area contributed by atoms with Crippen molar-refractivity contribution in [1.82, 2.24) is 4.90 Å². The molecule has 1 aliphatic rings. The van der Waals surface area contributed by atoms with Crippen molar-refractivity contribution in [3.05, 3.63) is 41.5 Å². The van der Waals surface area contributed by atoms with Crippen molar-refractivity contribution in [2.75, 3.05) is 7.05 Å². The Balaban J connectivity index is 1.94. The van der Waals surface area contributed by atoms with E-state index >= 15 is 0 Å². The lowest BCUT2D eigenvalue weighted by Crippen LogP contribution is -2.41. The van der Waals surface area contributed by atoms with Gasteiger partial charge in [-0.2, -0.15) is 0 Å². The Hall–Kier alpha value is -1.77. The van der Waals surface area contributed by atoms with E-state index in [1.54, 1.807) is 7.05 Å². The maximum Gasteiger partial charge on any atom is 0.407 e. The Morgan fingerprint density at radius 1 is 1.38 bits per heavy atom. The molecule has 16 heavy (non-hydrogen) atoms. The Morgan fingerprint density at radius 2 is 2.00 bits per heavy atom. The van der Waals surface area contributed by atoms with Gasteiger partial charge >= 0.3 is 6.09 Å². The van der Waals surface area contributed by atoms with E-state index in [-0.39, 0.29) is 6.04 Å². The maximum absolute atomic E-state index is 10.7. The van der Waals surface area contributed by atoms with Crippen LogP contribution in [0.4, 0.5) is 4.79 Å². The third kappa shape index (κ3) is 2.24. The van der Waals surface area contributed by atoms with Gasteiger partial charge in [0.25, 0.3) is 0 Å². The first-order chi connectivity index (χ1) is 7.66. The molecule has 0 radical (unpaired) electrons. The highest BCUT2D eigenvalue weighted by Gasteiger charge is 2.29. The van der Waals surface area contributed by atoms with Crippen LogP contribution in [0.5, 0.6) is 0 Å². The van der Waals surface area contributed by atoms with Gasteiger partial charge in [0.1, 0.15) is 0 Å². The van der Waals surface area contributed by atoms with Gasteiger partial charge in [-0.15, -0.1) is 0 Å². The van der Waals surface area contributed by atoms with E-state index in [2.05, 4.69) is 18.2 Å². The first-order valence-corrected chi connectivity index (χ1v) is 5.37. The zero-order valence-electron chi connectivity index (χ0n) is 9.26. The average Bonchev–Trinajstić information content (AvgIpc) is 2.23. The van der Waals surface area contributed by atoms with Gasteiger partial charge < -0.3 is 10.0 Å². The number of hydrogen-bond donors (Lipinski definition) is 1. The summed E-state index contributed by atoms with van der Waals surface area (Å²) in [6.07, 6.45) is 3.02. The fourth-order valence-corrected chi connectivity index (χ4v) is 1.88. The van der Waals surface area contributed by atoms with Crippen LogP contribution in [0.1, 0.15) is 18.4 Å². The summed E-state index contributed by atoms with van der Waals surface area (Å²) in [6, 6.07) is 10.3. The minimum atomic E-state index is -0.844. The molecule has 1 fully saturated rings. The lowest BCUT2D eigenvalue weighted by molar-refractivity contribution is 0.128. The molecule has 0 aromatic heterocycles. The summed E-state index contributed by atoms with van der Waals surface area (Å²) in [4.78, 5) is 12.1. The number of nitrogens with zero attached hydrogens (tertiary/aromatic N) is 1. The van der Waals surface area contributed by atoms with Crippen molar-refractivity contribution in [1.29, 1.82) is 0 Å². The smallest absolute Gasteiger partial charge is 0.407 e. The Labute approximate surface area is 95.0 Å². The maximum atomic E-state index is 10.7. The van der Waals surface area contributed by atoms with Crippen molar-refractivity contribution in [3.63, 3.8) is 0 Å². The van der Waals surface area contributed by atoms with Crippen molar-refractivity contribution < 1.29 is 9.90 Å². The summed E-state index contributed by atoms with van der Waals surface area (Å²) in [6.45, 7) is 0. The van der Waals surface area contributed by atoms with Crippen LogP contribution < -0.4 is 0 Å². The normalized spacial score (nSPS) is 18.8. The van der Waals surface area contributed by atoms with Gasteiger partial charge in [-0.1, -0.05) is 42.0 Å². The molecule has 1 saturated carbocycles. The van der Waals surface area contributed by atoms with E-state index in [0.29, 0.717) is 0 Å². The molecule has 0 spiro atoms. The molecule has 0 atom stereocenters. The number of hydrogen-bond acceptors (Lipinski definition) is 1. The molecule has 1 N–H and O–H groups in total. The van der Waals surface area contributed by atoms with Crippen LogP contribution >= 0.6 is 0 Å². The molecule has 0 unspecified atom stereocenters. The van der Waals surface area contributed by atoms with Gasteiger partial charge in [0.05, 0.1) is 0 Å². The fraction of sp³-hybridized carbons (Fsp3) is 0.308. The van der Waals surface area contributed by atoms with Crippen LogP contribution in [0, 0.1) is 0 Å². The minimum Gasteiger partial charge on any atom is -0.465 e. The average molecular weight is 217 g/mol. The molecule has 0 bridgehead atoms. The molecule has 84 valence electrons. The zero-order chi connectivity index (χ0) is 11.5. The van der Waals surface area contributed by atoms with Crippen molar-refractivity contribution in [2.45, 2.75) is 18.9 Å².